The average molecular weight is 425 g/mol. The minimum Gasteiger partial charge on any atom is -0.493 e. The van der Waals surface area contributed by atoms with Crippen molar-refractivity contribution in [2.75, 3.05) is 29.3 Å². The Morgan fingerprint density at radius 3 is 2.61 bits per heavy atom. The quantitative estimate of drug-likeness (QED) is 0.733. The van der Waals surface area contributed by atoms with E-state index in [1.165, 1.54) is 26.1 Å². The van der Waals surface area contributed by atoms with E-state index in [1.54, 1.807) is 24.2 Å². The Kier molecular flexibility index (Phi) is 5.67. The maximum absolute atomic E-state index is 13.0. The van der Waals surface area contributed by atoms with Crippen LogP contribution in [0.3, 0.4) is 0 Å². The van der Waals surface area contributed by atoms with Gasteiger partial charge in [0.05, 0.1) is 30.2 Å². The van der Waals surface area contributed by atoms with Crippen molar-refractivity contribution in [3.05, 3.63) is 30.1 Å². The first kappa shape index (κ1) is 20.9. The van der Waals surface area contributed by atoms with Gasteiger partial charge in [0, 0.05) is 25.4 Å². The second-order valence-electron chi connectivity index (χ2n) is 7.99. The van der Waals surface area contributed by atoms with Gasteiger partial charge < -0.3 is 25.6 Å². The molecular weight excluding hydrogens is 396 g/mol. The summed E-state index contributed by atoms with van der Waals surface area (Å²) >= 11 is 0. The molecule has 9 nitrogen and oxygen atoms in total. The fourth-order valence-electron chi connectivity index (χ4n) is 4.56. The summed E-state index contributed by atoms with van der Waals surface area (Å²) in [6, 6.07) is 3.67. The van der Waals surface area contributed by atoms with Crippen LogP contribution in [-0.4, -0.2) is 48.0 Å². The van der Waals surface area contributed by atoms with Gasteiger partial charge in [0.2, 0.25) is 11.8 Å². The number of carbonyl (C=O) groups is 2. The molecule has 9 heteroatoms. The van der Waals surface area contributed by atoms with Gasteiger partial charge in [-0.3, -0.25) is 9.59 Å². The number of primary amides is 1. The van der Waals surface area contributed by atoms with Crippen molar-refractivity contribution in [1.82, 2.24) is 9.97 Å². The lowest BCUT2D eigenvalue weighted by atomic mass is 10.0. The first-order valence-electron chi connectivity index (χ1n) is 10.6. The van der Waals surface area contributed by atoms with Crippen molar-refractivity contribution in [2.45, 2.75) is 51.1 Å². The van der Waals surface area contributed by atoms with Crippen LogP contribution in [0.15, 0.2) is 24.5 Å². The van der Waals surface area contributed by atoms with Crippen LogP contribution in [0.5, 0.6) is 5.75 Å². The van der Waals surface area contributed by atoms with Gasteiger partial charge in [0.25, 0.3) is 0 Å². The number of aromatic nitrogens is 2. The number of rotatable bonds is 6. The SMILES string of the molecule is CC[C@@H]1C(=O)N(C)c2cnc(Nc3ncc(C(N)=O)cc3OC)cc2N1C1CCCC1. The third-order valence-corrected chi connectivity index (χ3v) is 6.16. The second-order valence-corrected chi connectivity index (χ2v) is 7.99. The Bertz CT molecular complexity index is 1000. The molecule has 1 aliphatic heterocycles. The fraction of sp³-hybridized carbons (Fsp3) is 0.455. The summed E-state index contributed by atoms with van der Waals surface area (Å²) in [4.78, 5) is 37.2. The summed E-state index contributed by atoms with van der Waals surface area (Å²) in [7, 11) is 3.30. The fourth-order valence-corrected chi connectivity index (χ4v) is 4.56. The number of hydrogen-bond donors (Lipinski definition) is 2. The standard InChI is InChI=1S/C22H28N6O3/c1-4-15-22(30)27(2)17-12-24-19(10-16(17)28(15)14-7-5-6-8-14)26-21-18(31-3)9-13(11-25-21)20(23)29/h9-12,14-15H,4-8H2,1-3H3,(H2,23,29)(H,24,25,26)/t15-/m1/s1. The maximum atomic E-state index is 13.0. The monoisotopic (exact) mass is 424 g/mol. The van der Waals surface area contributed by atoms with E-state index in [2.05, 4.69) is 27.1 Å². The summed E-state index contributed by atoms with van der Waals surface area (Å²) in [6.45, 7) is 2.05. The number of nitrogens with two attached hydrogens (primary N) is 1. The van der Waals surface area contributed by atoms with Gasteiger partial charge in [-0.2, -0.15) is 0 Å². The molecule has 2 aliphatic rings. The number of likely N-dealkylation sites (N-methyl/N-ethyl adjacent to an activating group) is 1. The summed E-state index contributed by atoms with van der Waals surface area (Å²) < 4.78 is 5.37. The first-order valence-corrected chi connectivity index (χ1v) is 10.6. The van der Waals surface area contributed by atoms with Crippen molar-refractivity contribution < 1.29 is 14.3 Å². The molecule has 2 aromatic heterocycles. The third kappa shape index (κ3) is 3.75. The molecule has 31 heavy (non-hydrogen) atoms. The zero-order valence-corrected chi connectivity index (χ0v) is 18.1. The van der Waals surface area contributed by atoms with Crippen molar-refractivity contribution in [2.24, 2.45) is 5.73 Å². The molecule has 0 saturated heterocycles. The van der Waals surface area contributed by atoms with E-state index in [0.29, 0.717) is 23.4 Å². The molecule has 1 atom stereocenters. The zero-order valence-electron chi connectivity index (χ0n) is 18.1. The third-order valence-electron chi connectivity index (χ3n) is 6.16. The van der Waals surface area contributed by atoms with E-state index in [-0.39, 0.29) is 17.5 Å². The zero-order chi connectivity index (χ0) is 22.1. The number of anilines is 4. The van der Waals surface area contributed by atoms with E-state index in [1.807, 2.05) is 6.07 Å². The van der Waals surface area contributed by atoms with Crippen LogP contribution in [0.4, 0.5) is 23.0 Å². The molecule has 2 aromatic rings. The molecule has 0 radical (unpaired) electrons. The molecular formula is C22H28N6O3. The minimum absolute atomic E-state index is 0.106. The van der Waals surface area contributed by atoms with E-state index in [9.17, 15) is 9.59 Å². The van der Waals surface area contributed by atoms with Gasteiger partial charge in [-0.15, -0.1) is 0 Å². The average Bonchev–Trinajstić information content (AvgIpc) is 3.30. The number of nitrogens with zero attached hydrogens (tertiary/aromatic N) is 4. The number of hydrogen-bond acceptors (Lipinski definition) is 7. The molecule has 0 unspecified atom stereocenters. The number of methoxy groups -OCH3 is 1. The largest absolute Gasteiger partial charge is 0.493 e. The van der Waals surface area contributed by atoms with E-state index in [4.69, 9.17) is 10.5 Å². The Balaban J connectivity index is 1.72. The Hall–Kier alpha value is -3.36. The van der Waals surface area contributed by atoms with Gasteiger partial charge >= 0.3 is 0 Å². The second kappa shape index (κ2) is 8.41. The van der Waals surface area contributed by atoms with Crippen LogP contribution in [0.25, 0.3) is 0 Å². The molecule has 2 amide bonds. The smallest absolute Gasteiger partial charge is 0.250 e. The molecule has 1 aliphatic carbocycles. The molecule has 0 bridgehead atoms. The molecule has 164 valence electrons. The Morgan fingerprint density at radius 2 is 1.97 bits per heavy atom. The van der Waals surface area contributed by atoms with Gasteiger partial charge in [0.1, 0.15) is 11.9 Å². The van der Waals surface area contributed by atoms with Gasteiger partial charge in [-0.25, -0.2) is 9.97 Å². The summed E-state index contributed by atoms with van der Waals surface area (Å²) in [6.07, 6.45) is 8.39. The van der Waals surface area contributed by atoms with Crippen LogP contribution in [0.1, 0.15) is 49.4 Å². The van der Waals surface area contributed by atoms with Crippen LogP contribution in [-0.2, 0) is 4.79 Å². The minimum atomic E-state index is -0.574. The van der Waals surface area contributed by atoms with Crippen molar-refractivity contribution in [1.29, 1.82) is 0 Å². The highest BCUT2D eigenvalue weighted by molar-refractivity contribution is 6.05. The molecule has 3 N–H and O–H groups in total. The molecule has 1 saturated carbocycles. The lowest BCUT2D eigenvalue weighted by Crippen LogP contribution is -2.55. The van der Waals surface area contributed by atoms with Gasteiger partial charge in [0.15, 0.2) is 11.6 Å². The predicted molar refractivity (Wildman–Crippen MR) is 119 cm³/mol. The normalized spacial score (nSPS) is 18.8. The van der Waals surface area contributed by atoms with Crippen LogP contribution < -0.4 is 25.6 Å². The highest BCUT2D eigenvalue weighted by atomic mass is 16.5. The molecule has 3 heterocycles. The highest BCUT2D eigenvalue weighted by Gasteiger charge is 2.40. The number of fused-ring (bicyclic) bond motifs is 1. The molecule has 1 fully saturated rings. The van der Waals surface area contributed by atoms with Crippen molar-refractivity contribution in [3.63, 3.8) is 0 Å². The Morgan fingerprint density at radius 1 is 1.23 bits per heavy atom. The van der Waals surface area contributed by atoms with Crippen LogP contribution in [0.2, 0.25) is 0 Å². The number of nitrogens with one attached hydrogen (secondary N) is 1. The number of ether oxygens (including phenoxy) is 1. The van der Waals surface area contributed by atoms with Crippen LogP contribution >= 0.6 is 0 Å². The molecule has 0 spiro atoms. The summed E-state index contributed by atoms with van der Waals surface area (Å²) in [5, 5.41) is 3.18. The highest BCUT2D eigenvalue weighted by Crippen LogP contribution is 2.42. The first-order chi connectivity index (χ1) is 14.9. The lowest BCUT2D eigenvalue weighted by Gasteiger charge is -2.44. The van der Waals surface area contributed by atoms with Gasteiger partial charge in [-0.05, 0) is 25.3 Å². The maximum Gasteiger partial charge on any atom is 0.250 e. The number of amides is 2. The summed E-state index contributed by atoms with van der Waals surface area (Å²) in [5.74, 6) is 0.934. The van der Waals surface area contributed by atoms with Gasteiger partial charge in [-0.1, -0.05) is 19.8 Å². The topological polar surface area (TPSA) is 114 Å². The number of carbonyl (C=O) groups excluding carboxylic acids is 2. The van der Waals surface area contributed by atoms with E-state index in [0.717, 1.165) is 30.6 Å². The van der Waals surface area contributed by atoms with E-state index >= 15 is 0 Å². The predicted octanol–water partition coefficient (Wildman–Crippen LogP) is 2.83. The lowest BCUT2D eigenvalue weighted by molar-refractivity contribution is -0.120. The van der Waals surface area contributed by atoms with Crippen molar-refractivity contribution >= 4 is 34.8 Å². The van der Waals surface area contributed by atoms with E-state index < -0.39 is 5.91 Å². The molecule has 0 aromatic carbocycles. The van der Waals surface area contributed by atoms with Crippen molar-refractivity contribution in [3.8, 4) is 5.75 Å². The molecule has 4 rings (SSSR count). The summed E-state index contributed by atoms with van der Waals surface area (Å²) in [5.41, 5.74) is 7.39. The number of pyridine rings is 2. The Labute approximate surface area is 181 Å². The van der Waals surface area contributed by atoms with Crippen LogP contribution in [0, 0.1) is 0 Å².